The maximum Gasteiger partial charge on any atom is 0.316 e. The van der Waals surface area contributed by atoms with Gasteiger partial charge in [-0.3, -0.25) is 14.6 Å². The van der Waals surface area contributed by atoms with E-state index in [0.717, 1.165) is 16.5 Å². The molecule has 2 aromatic rings. The predicted molar refractivity (Wildman–Crippen MR) is 219 cm³/mol. The molecule has 2 saturated heterocycles. The summed E-state index contributed by atoms with van der Waals surface area (Å²) in [6.45, 7) is 16.1. The van der Waals surface area contributed by atoms with Gasteiger partial charge in [0.2, 0.25) is 0 Å². The largest absolute Gasteiger partial charge is 0.459 e. The lowest BCUT2D eigenvalue weighted by atomic mass is 9.74. The average molecular weight is 798 g/mol. The first kappa shape index (κ1) is 46.4. The van der Waals surface area contributed by atoms with Crippen LogP contribution in [-0.4, -0.2) is 124 Å². The number of aliphatic hydroxyl groups excluding tert-OH is 2. The summed E-state index contributed by atoms with van der Waals surface area (Å²) in [6, 6.07) is 9.59. The van der Waals surface area contributed by atoms with Crippen LogP contribution in [0.15, 0.2) is 47.8 Å². The Morgan fingerprint density at radius 2 is 1.75 bits per heavy atom. The van der Waals surface area contributed by atoms with Crippen molar-refractivity contribution in [1.82, 2.24) is 9.88 Å². The van der Waals surface area contributed by atoms with Crippen molar-refractivity contribution in [2.75, 3.05) is 27.3 Å². The van der Waals surface area contributed by atoms with Crippen molar-refractivity contribution >= 4 is 34.4 Å². The number of fused-ring (bicyclic) bond motifs is 1. The molecule has 3 N–H and O–H groups in total. The number of nitrogens with zero attached hydrogens (tertiary/aromatic N) is 3. The van der Waals surface area contributed by atoms with Crippen LogP contribution in [-0.2, 0) is 33.4 Å². The number of esters is 1. The van der Waals surface area contributed by atoms with Gasteiger partial charge in [0.05, 0.1) is 41.7 Å². The lowest BCUT2D eigenvalue weighted by Gasteiger charge is -2.47. The summed E-state index contributed by atoms with van der Waals surface area (Å²) in [6.07, 6.45) is 1.05. The molecule has 2 fully saturated rings. The number of oxime groups is 1. The van der Waals surface area contributed by atoms with E-state index in [9.17, 15) is 24.9 Å². The first-order valence-corrected chi connectivity index (χ1v) is 20.5. The van der Waals surface area contributed by atoms with Gasteiger partial charge in [-0.05, 0) is 85.2 Å². The molecule has 13 nitrogen and oxygen atoms in total. The van der Waals surface area contributed by atoms with Crippen LogP contribution in [0.25, 0.3) is 17.0 Å². The summed E-state index contributed by atoms with van der Waals surface area (Å²) in [5.74, 6) is -4.80. The van der Waals surface area contributed by atoms with Crippen LogP contribution in [0.3, 0.4) is 0 Å². The molecule has 13 heteroatoms. The molecule has 0 bridgehead atoms. The highest BCUT2D eigenvalue weighted by Crippen LogP contribution is 2.39. The number of pyridine rings is 1. The minimum absolute atomic E-state index is 0.0864. The Morgan fingerprint density at radius 1 is 1.05 bits per heavy atom. The van der Waals surface area contributed by atoms with Gasteiger partial charge in [0, 0.05) is 35.4 Å². The molecule has 2 aliphatic rings. The molecule has 0 unspecified atom stereocenters. The quantitative estimate of drug-likeness (QED) is 0.112. The van der Waals surface area contributed by atoms with Gasteiger partial charge >= 0.3 is 5.97 Å². The number of para-hydroxylation sites is 1. The molecule has 0 amide bonds. The van der Waals surface area contributed by atoms with Gasteiger partial charge in [-0.25, -0.2) is 0 Å². The lowest BCUT2D eigenvalue weighted by Crippen LogP contribution is -2.60. The number of aromatic nitrogens is 1. The molecule has 1 aromatic heterocycles. The Kier molecular flexibility index (Phi) is 16.4. The van der Waals surface area contributed by atoms with Crippen LogP contribution in [0.2, 0.25) is 0 Å². The highest BCUT2D eigenvalue weighted by Gasteiger charge is 2.52. The smallest absolute Gasteiger partial charge is 0.316 e. The zero-order chi connectivity index (χ0) is 42.2. The number of benzene rings is 1. The lowest BCUT2D eigenvalue weighted by molar-refractivity contribution is -0.296. The van der Waals surface area contributed by atoms with Gasteiger partial charge in [0.1, 0.15) is 30.3 Å². The van der Waals surface area contributed by atoms with Crippen molar-refractivity contribution in [2.45, 2.75) is 142 Å². The first-order valence-electron chi connectivity index (χ1n) is 20.5. The summed E-state index contributed by atoms with van der Waals surface area (Å²) in [7, 11) is 3.77. The number of rotatable bonds is 11. The van der Waals surface area contributed by atoms with Crippen LogP contribution in [0.5, 0.6) is 0 Å². The van der Waals surface area contributed by atoms with Crippen molar-refractivity contribution in [2.24, 2.45) is 28.8 Å². The Morgan fingerprint density at radius 3 is 2.42 bits per heavy atom. The van der Waals surface area contributed by atoms with Crippen LogP contribution >= 0.6 is 0 Å². The fourth-order valence-electron chi connectivity index (χ4n) is 8.37. The SMILES string of the molecule is CCCO/N=C1\[C@H](C)C[C@](C)(OC/C=C/c2cnc3ccccc3c2)[C@H](O[C@@H]2O[C@H](C)C[C@H](N(C)C)[C@H]2O)[C@@H](C)C(=O)[C@@H](C)C(=O)O[C@@H](CC)[C@@](C)(O)[C@H](O)[C@@H]1C. The third-order valence-electron chi connectivity index (χ3n) is 11.8. The number of carbonyl (C=O) groups is 2. The second-order valence-corrected chi connectivity index (χ2v) is 16.8. The summed E-state index contributed by atoms with van der Waals surface area (Å²) in [4.78, 5) is 40.4. The van der Waals surface area contributed by atoms with E-state index in [0.29, 0.717) is 25.2 Å². The molecule has 4 rings (SSSR count). The Balaban J connectivity index is 1.85. The number of cyclic esters (lactones) is 1. The molecule has 57 heavy (non-hydrogen) atoms. The number of carbonyl (C=O) groups excluding carboxylic acids is 2. The molecule has 13 atom stereocenters. The van der Waals surface area contributed by atoms with Crippen LogP contribution in [0, 0.1) is 23.7 Å². The molecule has 0 spiro atoms. The number of hydrogen-bond acceptors (Lipinski definition) is 13. The van der Waals surface area contributed by atoms with Crippen molar-refractivity contribution in [3.05, 3.63) is 48.2 Å². The number of Topliss-reactive ketones (excluding diaryl/α,β-unsaturated/α-hetero) is 1. The number of likely N-dealkylation sites (N-methyl/N-ethyl adjacent to an activating group) is 1. The van der Waals surface area contributed by atoms with E-state index in [1.165, 1.54) is 13.8 Å². The molecule has 0 saturated carbocycles. The third kappa shape index (κ3) is 11.1. The monoisotopic (exact) mass is 797 g/mol. The second kappa shape index (κ2) is 20.1. The highest BCUT2D eigenvalue weighted by atomic mass is 16.7. The Hall–Kier alpha value is -3.30. The van der Waals surface area contributed by atoms with Gasteiger partial charge in [0.25, 0.3) is 0 Å². The van der Waals surface area contributed by atoms with Gasteiger partial charge in [-0.1, -0.05) is 70.1 Å². The van der Waals surface area contributed by atoms with E-state index in [4.69, 9.17) is 23.8 Å². The maximum absolute atomic E-state index is 14.5. The van der Waals surface area contributed by atoms with E-state index < -0.39 is 77.3 Å². The summed E-state index contributed by atoms with van der Waals surface area (Å²) >= 11 is 0. The zero-order valence-corrected chi connectivity index (χ0v) is 35.8. The van der Waals surface area contributed by atoms with E-state index in [1.54, 1.807) is 27.0 Å². The summed E-state index contributed by atoms with van der Waals surface area (Å²) in [5.41, 5.74) is -1.02. The molecule has 0 aliphatic carbocycles. The van der Waals surface area contributed by atoms with E-state index in [1.807, 2.05) is 89.2 Å². The standard InChI is InChI=1S/C44H67N3O10/c1-12-20-54-46-36-26(3)24-43(8,53-21-16-17-31-23-32-18-14-15-19-33(32)45-25-31)40(57-42-38(49)34(47(10)11)22-27(4)55-42)29(6)37(48)30(7)41(51)56-35(13-2)44(9,52)39(50)28(36)5/h14-19,23,25-30,34-35,38-40,42,49-50,52H,12-13,20-22,24H2,1-11H3/b17-16+,46-36+/t26-,27-,28-,29+,30-,34+,35+,38-,39-,40-,42+,43+,44-/m1/s1. The van der Waals surface area contributed by atoms with Gasteiger partial charge in [0.15, 0.2) is 12.1 Å². The Bertz CT molecular complexity index is 1700. The minimum atomic E-state index is -1.91. The molecule has 2 aliphatic heterocycles. The zero-order valence-electron chi connectivity index (χ0n) is 35.8. The van der Waals surface area contributed by atoms with Crippen LogP contribution < -0.4 is 0 Å². The summed E-state index contributed by atoms with van der Waals surface area (Å²) in [5, 5.41) is 40.8. The van der Waals surface area contributed by atoms with Gasteiger partial charge in [-0.15, -0.1) is 0 Å². The predicted octanol–water partition coefficient (Wildman–Crippen LogP) is 5.57. The fourth-order valence-corrected chi connectivity index (χ4v) is 8.37. The van der Waals surface area contributed by atoms with Crippen molar-refractivity contribution in [1.29, 1.82) is 0 Å². The van der Waals surface area contributed by atoms with Crippen molar-refractivity contribution in [3.8, 4) is 0 Å². The topological polar surface area (TPSA) is 169 Å². The van der Waals surface area contributed by atoms with E-state index in [2.05, 4.69) is 10.1 Å². The number of hydrogen-bond donors (Lipinski definition) is 3. The van der Waals surface area contributed by atoms with Gasteiger partial charge < -0.3 is 44.0 Å². The Labute approximate surface area is 338 Å². The molecule has 0 radical (unpaired) electrons. The van der Waals surface area contributed by atoms with Crippen LogP contribution in [0.4, 0.5) is 0 Å². The molecular weight excluding hydrogens is 730 g/mol. The van der Waals surface area contributed by atoms with E-state index in [-0.39, 0.29) is 31.6 Å². The van der Waals surface area contributed by atoms with Crippen molar-refractivity contribution in [3.63, 3.8) is 0 Å². The van der Waals surface area contributed by atoms with Gasteiger partial charge in [-0.2, -0.15) is 0 Å². The molecule has 3 heterocycles. The minimum Gasteiger partial charge on any atom is -0.459 e. The molecule has 1 aromatic carbocycles. The number of ether oxygens (including phenoxy) is 4. The second-order valence-electron chi connectivity index (χ2n) is 16.8. The normalized spacial score (nSPS) is 37.1. The van der Waals surface area contributed by atoms with E-state index >= 15 is 0 Å². The number of ketones is 1. The third-order valence-corrected chi connectivity index (χ3v) is 11.8. The molecular formula is C44H67N3O10. The maximum atomic E-state index is 14.5. The average Bonchev–Trinajstić information content (AvgIpc) is 3.18. The first-order chi connectivity index (χ1) is 26.9. The highest BCUT2D eigenvalue weighted by molar-refractivity contribution is 6.00. The number of aliphatic hydroxyl groups is 3. The fraction of sp³-hybridized carbons (Fsp3) is 0.682. The summed E-state index contributed by atoms with van der Waals surface area (Å²) < 4.78 is 25.7. The molecule has 318 valence electrons. The van der Waals surface area contributed by atoms with Crippen LogP contribution in [0.1, 0.15) is 93.6 Å². The van der Waals surface area contributed by atoms with Crippen molar-refractivity contribution < 1.29 is 48.7 Å².